The van der Waals surface area contributed by atoms with Crippen molar-refractivity contribution in [3.05, 3.63) is 25.3 Å². The molecule has 76 valence electrons. The van der Waals surface area contributed by atoms with E-state index in [0.717, 1.165) is 0 Å². The van der Waals surface area contributed by atoms with Crippen LogP contribution in [-0.4, -0.2) is 31.1 Å². The normalized spacial score (nSPS) is 11.9. The topological polar surface area (TPSA) is 52.6 Å². The summed E-state index contributed by atoms with van der Waals surface area (Å²) < 4.78 is 14.5. The number of hydrogen-bond donors (Lipinski definition) is 0. The second kappa shape index (κ2) is 11.7. The SMILES string of the molecule is C=CCN(CC=C)CCO[PH](=O)[O-].[Na+]. The van der Waals surface area contributed by atoms with Gasteiger partial charge < -0.3 is 14.0 Å². The Morgan fingerprint density at radius 3 is 2.21 bits per heavy atom. The van der Waals surface area contributed by atoms with Crippen molar-refractivity contribution in [2.75, 3.05) is 26.2 Å². The van der Waals surface area contributed by atoms with Crippen LogP contribution in [0.4, 0.5) is 0 Å². The Kier molecular flexibility index (Phi) is 14.2. The smallest absolute Gasteiger partial charge is 0.781 e. The Bertz CT molecular complexity index is 179. The van der Waals surface area contributed by atoms with Gasteiger partial charge in [0.05, 0.1) is 6.61 Å². The van der Waals surface area contributed by atoms with Gasteiger partial charge in [0.2, 0.25) is 0 Å². The van der Waals surface area contributed by atoms with Crippen LogP contribution < -0.4 is 34.5 Å². The van der Waals surface area contributed by atoms with Gasteiger partial charge in [0.25, 0.3) is 0 Å². The summed E-state index contributed by atoms with van der Waals surface area (Å²) in [5.74, 6) is 0. The molecule has 1 atom stereocenters. The third-order valence-corrected chi connectivity index (χ3v) is 1.84. The van der Waals surface area contributed by atoms with E-state index in [1.165, 1.54) is 0 Å². The summed E-state index contributed by atoms with van der Waals surface area (Å²) in [6.07, 6.45) is 3.51. The van der Waals surface area contributed by atoms with E-state index in [9.17, 15) is 9.46 Å². The van der Waals surface area contributed by atoms with Gasteiger partial charge in [-0.25, -0.2) is 0 Å². The van der Waals surface area contributed by atoms with Gasteiger partial charge in [-0.15, -0.1) is 13.2 Å². The fourth-order valence-corrected chi connectivity index (χ4v) is 1.14. The van der Waals surface area contributed by atoms with E-state index in [1.54, 1.807) is 12.2 Å². The van der Waals surface area contributed by atoms with E-state index in [2.05, 4.69) is 17.7 Å². The van der Waals surface area contributed by atoms with Crippen molar-refractivity contribution in [1.29, 1.82) is 0 Å². The minimum absolute atomic E-state index is 0. The second-order valence-electron chi connectivity index (χ2n) is 2.44. The Balaban J connectivity index is 0. The molecular weight excluding hydrogens is 212 g/mol. The van der Waals surface area contributed by atoms with Crippen molar-refractivity contribution in [3.63, 3.8) is 0 Å². The van der Waals surface area contributed by atoms with Crippen LogP contribution in [0.2, 0.25) is 0 Å². The summed E-state index contributed by atoms with van der Waals surface area (Å²) in [6, 6.07) is 0. The van der Waals surface area contributed by atoms with Gasteiger partial charge in [0, 0.05) is 19.6 Å². The first-order valence-corrected chi connectivity index (χ1v) is 5.21. The van der Waals surface area contributed by atoms with Crippen molar-refractivity contribution in [2.24, 2.45) is 0 Å². The van der Waals surface area contributed by atoms with Crippen LogP contribution in [0.5, 0.6) is 0 Å². The van der Waals surface area contributed by atoms with Crippen molar-refractivity contribution in [3.8, 4) is 0 Å². The molecule has 0 saturated heterocycles. The van der Waals surface area contributed by atoms with E-state index in [-0.39, 0.29) is 36.2 Å². The van der Waals surface area contributed by atoms with E-state index in [0.29, 0.717) is 19.6 Å². The Labute approximate surface area is 108 Å². The van der Waals surface area contributed by atoms with Gasteiger partial charge >= 0.3 is 29.6 Å². The first-order valence-electron chi connectivity index (χ1n) is 3.98. The summed E-state index contributed by atoms with van der Waals surface area (Å²) in [7, 11) is -3.04. The molecule has 0 fully saturated rings. The number of rotatable bonds is 8. The first-order chi connectivity index (χ1) is 6.20. The zero-order valence-corrected chi connectivity index (χ0v) is 11.6. The molecule has 0 N–H and O–H groups in total. The van der Waals surface area contributed by atoms with Gasteiger partial charge in [0.15, 0.2) is 0 Å². The minimum Gasteiger partial charge on any atom is -0.781 e. The van der Waals surface area contributed by atoms with Crippen molar-refractivity contribution in [1.82, 2.24) is 4.90 Å². The van der Waals surface area contributed by atoms with Crippen LogP contribution in [0, 0.1) is 0 Å². The van der Waals surface area contributed by atoms with Gasteiger partial charge in [-0.05, 0) is 0 Å². The molecular formula is C8H15NNaO3P. The number of hydrogen-bond acceptors (Lipinski definition) is 4. The molecule has 0 aromatic rings. The largest absolute Gasteiger partial charge is 1.00 e. The molecule has 0 rings (SSSR count). The van der Waals surface area contributed by atoms with E-state index < -0.39 is 8.25 Å². The minimum atomic E-state index is -3.04. The summed E-state index contributed by atoms with van der Waals surface area (Å²) in [4.78, 5) is 12.1. The zero-order valence-electron chi connectivity index (χ0n) is 8.57. The average molecular weight is 227 g/mol. The monoisotopic (exact) mass is 227 g/mol. The van der Waals surface area contributed by atoms with Gasteiger partial charge in [-0.2, -0.15) is 0 Å². The van der Waals surface area contributed by atoms with E-state index in [4.69, 9.17) is 0 Å². The molecule has 0 saturated carbocycles. The van der Waals surface area contributed by atoms with Gasteiger partial charge in [-0.3, -0.25) is 4.90 Å². The van der Waals surface area contributed by atoms with E-state index in [1.807, 2.05) is 4.90 Å². The molecule has 0 radical (unpaired) electrons. The third kappa shape index (κ3) is 10.7. The standard InChI is InChI=1S/C8H16NO3P.Na/c1-3-5-9(6-4-2)7-8-12-13(10)11;/h3-4,13H,1-2,5-8H2,(H,10,11);/q;+1/p-1. The molecule has 0 heterocycles. The Hall–Kier alpha value is 0.590. The molecule has 0 aromatic heterocycles. The van der Waals surface area contributed by atoms with Gasteiger partial charge in [-0.1, -0.05) is 12.2 Å². The van der Waals surface area contributed by atoms with Crippen LogP contribution in [-0.2, 0) is 9.09 Å². The molecule has 0 bridgehead atoms. The molecule has 4 nitrogen and oxygen atoms in total. The predicted octanol–water partition coefficient (Wildman–Crippen LogP) is -2.57. The molecule has 14 heavy (non-hydrogen) atoms. The predicted molar refractivity (Wildman–Crippen MR) is 51.8 cm³/mol. The van der Waals surface area contributed by atoms with Crippen molar-refractivity contribution in [2.45, 2.75) is 0 Å². The Morgan fingerprint density at radius 1 is 1.36 bits per heavy atom. The quantitative estimate of drug-likeness (QED) is 0.260. The average Bonchev–Trinajstić information content (AvgIpc) is 2.04. The van der Waals surface area contributed by atoms with Crippen molar-refractivity contribution < 1.29 is 43.5 Å². The fraction of sp³-hybridized carbons (Fsp3) is 0.500. The molecule has 0 aliphatic rings. The maximum absolute atomic E-state index is 10.1. The first kappa shape index (κ1) is 17.0. The summed E-state index contributed by atoms with van der Waals surface area (Å²) >= 11 is 0. The molecule has 0 amide bonds. The molecule has 0 aliphatic heterocycles. The Morgan fingerprint density at radius 2 is 1.86 bits per heavy atom. The second-order valence-corrected chi connectivity index (χ2v) is 3.22. The molecule has 0 aliphatic carbocycles. The van der Waals surface area contributed by atoms with Crippen LogP contribution >= 0.6 is 8.25 Å². The molecule has 0 aromatic carbocycles. The molecule has 0 spiro atoms. The van der Waals surface area contributed by atoms with E-state index >= 15 is 0 Å². The van der Waals surface area contributed by atoms with Crippen LogP contribution in [0.1, 0.15) is 0 Å². The van der Waals surface area contributed by atoms with Crippen LogP contribution in [0.15, 0.2) is 25.3 Å². The summed E-state index contributed by atoms with van der Waals surface area (Å²) in [6.45, 7) is 9.35. The van der Waals surface area contributed by atoms with Crippen molar-refractivity contribution >= 4 is 8.25 Å². The third-order valence-electron chi connectivity index (χ3n) is 1.40. The maximum atomic E-state index is 10.1. The van der Waals surface area contributed by atoms with Gasteiger partial charge in [0.1, 0.15) is 8.25 Å². The molecule has 1 unspecified atom stereocenters. The zero-order chi connectivity index (χ0) is 10.1. The summed E-state index contributed by atoms with van der Waals surface area (Å²) in [5, 5.41) is 0. The van der Waals surface area contributed by atoms with Crippen LogP contribution in [0.25, 0.3) is 0 Å². The van der Waals surface area contributed by atoms with Crippen LogP contribution in [0.3, 0.4) is 0 Å². The fourth-order valence-electron chi connectivity index (χ4n) is 0.880. The maximum Gasteiger partial charge on any atom is 1.00 e. The number of nitrogens with zero attached hydrogens (tertiary/aromatic N) is 1. The molecule has 6 heteroatoms. The summed E-state index contributed by atoms with van der Waals surface area (Å²) in [5.41, 5.74) is 0.